The Morgan fingerprint density at radius 3 is 2.64 bits per heavy atom. The van der Waals surface area contributed by atoms with E-state index in [0.29, 0.717) is 0 Å². The quantitative estimate of drug-likeness (QED) is 0.692. The van der Waals surface area contributed by atoms with Gasteiger partial charge in [0, 0.05) is 42.3 Å². The first-order valence-corrected chi connectivity index (χ1v) is 8.88. The van der Waals surface area contributed by atoms with Gasteiger partial charge in [-0.25, -0.2) is 0 Å². The lowest BCUT2D eigenvalue weighted by Gasteiger charge is -2.35. The third kappa shape index (κ3) is 3.60. The third-order valence-electron chi connectivity index (χ3n) is 4.70. The Labute approximate surface area is 152 Å². The molecule has 3 aromatic rings. The van der Waals surface area contributed by atoms with Crippen LogP contribution in [0.2, 0.25) is 5.02 Å². The van der Waals surface area contributed by atoms with E-state index in [1.807, 2.05) is 36.4 Å². The first kappa shape index (κ1) is 16.3. The Bertz CT molecular complexity index is 869. The Morgan fingerprint density at radius 1 is 1.04 bits per heavy atom. The average Bonchev–Trinajstić information content (AvgIpc) is 3.03. The molecule has 1 fully saturated rings. The van der Waals surface area contributed by atoms with E-state index in [1.54, 1.807) is 7.11 Å². The van der Waals surface area contributed by atoms with E-state index in [4.69, 9.17) is 20.8 Å². The van der Waals surface area contributed by atoms with Crippen molar-refractivity contribution in [2.24, 2.45) is 0 Å². The Balaban J connectivity index is 1.40. The molecule has 1 aliphatic heterocycles. The summed E-state index contributed by atoms with van der Waals surface area (Å²) in [5, 5.41) is 1.88. The van der Waals surface area contributed by atoms with Crippen molar-refractivity contribution < 1.29 is 9.15 Å². The summed E-state index contributed by atoms with van der Waals surface area (Å²) in [6.07, 6.45) is 0. The highest BCUT2D eigenvalue weighted by molar-refractivity contribution is 6.30. The van der Waals surface area contributed by atoms with Crippen molar-refractivity contribution in [2.75, 3.05) is 38.2 Å². The number of piperazine rings is 1. The topological polar surface area (TPSA) is 28.9 Å². The van der Waals surface area contributed by atoms with Crippen LogP contribution in [0.3, 0.4) is 0 Å². The summed E-state index contributed by atoms with van der Waals surface area (Å²) in [6, 6.07) is 16.1. The number of ether oxygens (including phenoxy) is 1. The highest BCUT2D eigenvalue weighted by atomic mass is 35.5. The summed E-state index contributed by atoms with van der Waals surface area (Å²) >= 11 is 6.10. The van der Waals surface area contributed by atoms with Crippen molar-refractivity contribution in [3.63, 3.8) is 0 Å². The highest BCUT2D eigenvalue weighted by Gasteiger charge is 2.19. The zero-order valence-electron chi connectivity index (χ0n) is 14.2. The summed E-state index contributed by atoms with van der Waals surface area (Å²) in [7, 11) is 1.68. The van der Waals surface area contributed by atoms with Crippen LogP contribution in [0.4, 0.5) is 5.69 Å². The zero-order chi connectivity index (χ0) is 17.2. The monoisotopic (exact) mass is 356 g/mol. The molecule has 4 rings (SSSR count). The summed E-state index contributed by atoms with van der Waals surface area (Å²) < 4.78 is 11.2. The fraction of sp³-hybridized carbons (Fsp3) is 0.300. The minimum atomic E-state index is 0.789. The first-order chi connectivity index (χ1) is 12.2. The molecular formula is C20H21ClN2O2. The van der Waals surface area contributed by atoms with Gasteiger partial charge in [0.1, 0.15) is 17.1 Å². The fourth-order valence-electron chi connectivity index (χ4n) is 3.34. The molecule has 1 aliphatic rings. The molecule has 130 valence electrons. The molecule has 0 unspecified atom stereocenters. The van der Waals surface area contributed by atoms with Crippen LogP contribution >= 0.6 is 11.6 Å². The predicted molar refractivity (Wildman–Crippen MR) is 102 cm³/mol. The zero-order valence-corrected chi connectivity index (χ0v) is 15.0. The van der Waals surface area contributed by atoms with E-state index in [0.717, 1.165) is 60.2 Å². The maximum Gasteiger partial charge on any atom is 0.134 e. The summed E-state index contributed by atoms with van der Waals surface area (Å²) in [6.45, 7) is 4.84. The van der Waals surface area contributed by atoms with Gasteiger partial charge in [0.05, 0.1) is 13.7 Å². The first-order valence-electron chi connectivity index (χ1n) is 8.50. The highest BCUT2D eigenvalue weighted by Crippen LogP contribution is 2.26. The smallest absolute Gasteiger partial charge is 0.134 e. The van der Waals surface area contributed by atoms with Gasteiger partial charge in [-0.15, -0.1) is 0 Å². The summed E-state index contributed by atoms with van der Waals surface area (Å²) in [4.78, 5) is 4.81. The second-order valence-electron chi connectivity index (χ2n) is 6.36. The van der Waals surface area contributed by atoms with Gasteiger partial charge < -0.3 is 14.1 Å². The molecule has 0 atom stereocenters. The van der Waals surface area contributed by atoms with E-state index < -0.39 is 0 Å². The van der Waals surface area contributed by atoms with Crippen LogP contribution in [0.25, 0.3) is 11.0 Å². The van der Waals surface area contributed by atoms with Crippen LogP contribution in [0.1, 0.15) is 5.76 Å². The van der Waals surface area contributed by atoms with Gasteiger partial charge in [-0.1, -0.05) is 17.7 Å². The minimum Gasteiger partial charge on any atom is -0.497 e. The molecule has 0 amide bonds. The standard InChI is InChI=1S/C20H21ClN2O2/c1-24-18-5-6-20-15(11-18)12-19(25-20)14-22-7-9-23(10-8-22)17-4-2-3-16(21)13-17/h2-6,11-13H,7-10,14H2,1H3. The van der Waals surface area contributed by atoms with Gasteiger partial charge in [0.15, 0.2) is 0 Å². The third-order valence-corrected chi connectivity index (χ3v) is 4.93. The minimum absolute atomic E-state index is 0.789. The molecule has 2 heterocycles. The van der Waals surface area contributed by atoms with Gasteiger partial charge in [-0.3, -0.25) is 4.90 Å². The van der Waals surface area contributed by atoms with E-state index in [-0.39, 0.29) is 0 Å². The van der Waals surface area contributed by atoms with E-state index in [9.17, 15) is 0 Å². The fourth-order valence-corrected chi connectivity index (χ4v) is 3.52. The lowest BCUT2D eigenvalue weighted by atomic mass is 10.2. The number of benzene rings is 2. The summed E-state index contributed by atoms with van der Waals surface area (Å²) in [5.41, 5.74) is 2.11. The number of halogens is 1. The maximum absolute atomic E-state index is 6.10. The summed E-state index contributed by atoms with van der Waals surface area (Å²) in [5.74, 6) is 1.86. The second kappa shape index (κ2) is 6.98. The lowest BCUT2D eigenvalue weighted by molar-refractivity contribution is 0.233. The number of hydrogen-bond acceptors (Lipinski definition) is 4. The van der Waals surface area contributed by atoms with Gasteiger partial charge in [-0.2, -0.15) is 0 Å². The normalized spacial score (nSPS) is 15.7. The van der Waals surface area contributed by atoms with Crippen LogP contribution in [0.5, 0.6) is 5.75 Å². The molecule has 5 heteroatoms. The number of furan rings is 1. The van der Waals surface area contributed by atoms with Crippen LogP contribution in [0.15, 0.2) is 52.9 Å². The van der Waals surface area contributed by atoms with Crippen LogP contribution in [0, 0.1) is 0 Å². The number of nitrogens with zero attached hydrogens (tertiary/aromatic N) is 2. The molecule has 0 bridgehead atoms. The molecule has 0 N–H and O–H groups in total. The van der Waals surface area contributed by atoms with Gasteiger partial charge in [0.25, 0.3) is 0 Å². The molecule has 0 radical (unpaired) electrons. The Morgan fingerprint density at radius 2 is 1.88 bits per heavy atom. The van der Waals surface area contributed by atoms with Gasteiger partial charge in [-0.05, 0) is 42.5 Å². The van der Waals surface area contributed by atoms with Crippen molar-refractivity contribution in [3.8, 4) is 5.75 Å². The maximum atomic E-state index is 6.10. The molecule has 0 saturated carbocycles. The largest absolute Gasteiger partial charge is 0.497 e. The molecule has 4 nitrogen and oxygen atoms in total. The molecular weight excluding hydrogens is 336 g/mol. The predicted octanol–water partition coefficient (Wildman–Crippen LogP) is 4.42. The molecule has 2 aromatic carbocycles. The number of rotatable bonds is 4. The number of anilines is 1. The van der Waals surface area contributed by atoms with Crippen molar-refractivity contribution in [1.29, 1.82) is 0 Å². The molecule has 1 aromatic heterocycles. The van der Waals surface area contributed by atoms with Crippen molar-refractivity contribution >= 4 is 28.3 Å². The van der Waals surface area contributed by atoms with Gasteiger partial charge in [0.2, 0.25) is 0 Å². The Kier molecular flexibility index (Phi) is 4.55. The average molecular weight is 357 g/mol. The molecule has 0 spiro atoms. The van der Waals surface area contributed by atoms with E-state index in [1.165, 1.54) is 5.69 Å². The molecule has 0 aliphatic carbocycles. The van der Waals surface area contributed by atoms with Crippen molar-refractivity contribution in [2.45, 2.75) is 6.54 Å². The molecule has 1 saturated heterocycles. The van der Waals surface area contributed by atoms with Crippen molar-refractivity contribution in [1.82, 2.24) is 4.90 Å². The van der Waals surface area contributed by atoms with Crippen LogP contribution < -0.4 is 9.64 Å². The number of hydrogen-bond donors (Lipinski definition) is 0. The number of fused-ring (bicyclic) bond motifs is 1. The van der Waals surface area contributed by atoms with E-state index in [2.05, 4.69) is 21.9 Å². The number of methoxy groups -OCH3 is 1. The van der Waals surface area contributed by atoms with Crippen LogP contribution in [-0.2, 0) is 6.54 Å². The molecule has 25 heavy (non-hydrogen) atoms. The second-order valence-corrected chi connectivity index (χ2v) is 6.80. The SMILES string of the molecule is COc1ccc2oc(CN3CCN(c4cccc(Cl)c4)CC3)cc2c1. The van der Waals surface area contributed by atoms with Crippen LogP contribution in [-0.4, -0.2) is 38.2 Å². The van der Waals surface area contributed by atoms with Crippen molar-refractivity contribution in [3.05, 3.63) is 59.3 Å². The van der Waals surface area contributed by atoms with E-state index >= 15 is 0 Å². The van der Waals surface area contributed by atoms with Gasteiger partial charge >= 0.3 is 0 Å². The lowest BCUT2D eigenvalue weighted by Crippen LogP contribution is -2.45. The Hall–Kier alpha value is -2.17.